The third-order valence-corrected chi connectivity index (χ3v) is 3.91. The normalized spacial score (nSPS) is 23.5. The molecule has 0 aromatic heterocycles. The molecule has 1 aliphatic heterocycles. The van der Waals surface area contributed by atoms with Gasteiger partial charge >= 0.3 is 0 Å². The van der Waals surface area contributed by atoms with Crippen molar-refractivity contribution in [2.75, 3.05) is 19.6 Å². The predicted molar refractivity (Wildman–Crippen MR) is 76.4 cm³/mol. The summed E-state index contributed by atoms with van der Waals surface area (Å²) in [6, 6.07) is 1.38. The van der Waals surface area contributed by atoms with Crippen LogP contribution in [0.5, 0.6) is 0 Å². The van der Waals surface area contributed by atoms with E-state index < -0.39 is 0 Å². The summed E-state index contributed by atoms with van der Waals surface area (Å²) in [7, 11) is 0. The molecule has 0 radical (unpaired) electrons. The molecular weight excluding hydrogens is 208 g/mol. The fourth-order valence-corrected chi connectivity index (χ4v) is 2.96. The smallest absolute Gasteiger partial charge is 0.0220 e. The molecule has 0 amide bonds. The van der Waals surface area contributed by atoms with E-state index in [0.29, 0.717) is 6.04 Å². The van der Waals surface area contributed by atoms with E-state index in [9.17, 15) is 0 Å². The minimum atomic E-state index is 0.614. The van der Waals surface area contributed by atoms with E-state index in [0.717, 1.165) is 12.0 Å². The van der Waals surface area contributed by atoms with Gasteiger partial charge in [0.25, 0.3) is 0 Å². The molecule has 1 fully saturated rings. The van der Waals surface area contributed by atoms with Gasteiger partial charge in [0.05, 0.1) is 0 Å². The van der Waals surface area contributed by atoms with Crippen LogP contribution >= 0.6 is 0 Å². The summed E-state index contributed by atoms with van der Waals surface area (Å²) in [5.74, 6) is 0.971. The Balaban J connectivity index is 2.36. The van der Waals surface area contributed by atoms with Gasteiger partial charge in [-0.3, -0.25) is 4.90 Å². The van der Waals surface area contributed by atoms with Crippen LogP contribution in [0, 0.1) is 5.92 Å². The van der Waals surface area contributed by atoms with E-state index >= 15 is 0 Å². The van der Waals surface area contributed by atoms with Crippen LogP contribution in [0.2, 0.25) is 0 Å². The summed E-state index contributed by atoms with van der Waals surface area (Å²) in [6.07, 6.45) is 6.85. The van der Waals surface area contributed by atoms with Gasteiger partial charge in [-0.25, -0.2) is 0 Å². The highest BCUT2D eigenvalue weighted by molar-refractivity contribution is 4.82. The summed E-state index contributed by atoms with van der Waals surface area (Å²) in [4.78, 5) is 2.74. The first-order valence-corrected chi connectivity index (χ1v) is 7.64. The van der Waals surface area contributed by atoms with Gasteiger partial charge in [-0.1, -0.05) is 40.5 Å². The first-order chi connectivity index (χ1) is 8.17. The Labute approximate surface area is 108 Å². The van der Waals surface area contributed by atoms with Crippen LogP contribution in [-0.4, -0.2) is 36.6 Å². The van der Waals surface area contributed by atoms with Gasteiger partial charge in [0.15, 0.2) is 0 Å². The predicted octanol–water partition coefficient (Wildman–Crippen LogP) is 3.28. The van der Waals surface area contributed by atoms with Crippen LogP contribution in [0.15, 0.2) is 0 Å². The Kier molecular flexibility index (Phi) is 7.14. The molecule has 1 heterocycles. The Hall–Kier alpha value is -0.0800. The average molecular weight is 240 g/mol. The highest BCUT2D eigenvalue weighted by Gasteiger charge is 2.26. The van der Waals surface area contributed by atoms with Crippen molar-refractivity contribution in [1.29, 1.82) is 0 Å². The quantitative estimate of drug-likeness (QED) is 0.700. The number of likely N-dealkylation sites (tertiary alicyclic amines) is 1. The first-order valence-electron chi connectivity index (χ1n) is 7.64. The highest BCUT2D eigenvalue weighted by atomic mass is 15.2. The summed E-state index contributed by atoms with van der Waals surface area (Å²) >= 11 is 0. The van der Waals surface area contributed by atoms with E-state index in [4.69, 9.17) is 0 Å². The maximum atomic E-state index is 3.61. The summed E-state index contributed by atoms with van der Waals surface area (Å²) < 4.78 is 0. The van der Waals surface area contributed by atoms with Crippen molar-refractivity contribution < 1.29 is 0 Å². The number of hydrogen-bond acceptors (Lipinski definition) is 2. The second-order valence-corrected chi connectivity index (χ2v) is 5.94. The van der Waals surface area contributed by atoms with Gasteiger partial charge in [0.2, 0.25) is 0 Å². The van der Waals surface area contributed by atoms with E-state index in [1.54, 1.807) is 0 Å². The lowest BCUT2D eigenvalue weighted by atomic mass is 10.0. The molecule has 1 N–H and O–H groups in total. The van der Waals surface area contributed by atoms with Gasteiger partial charge in [0.1, 0.15) is 0 Å². The van der Waals surface area contributed by atoms with Crippen LogP contribution in [-0.2, 0) is 0 Å². The second-order valence-electron chi connectivity index (χ2n) is 5.94. The zero-order chi connectivity index (χ0) is 12.7. The van der Waals surface area contributed by atoms with Crippen LogP contribution in [0.3, 0.4) is 0 Å². The molecule has 102 valence electrons. The Bertz CT molecular complexity index is 191. The molecule has 17 heavy (non-hydrogen) atoms. The SMILES string of the molecule is CCCC1CCN(C(CCC)CNC(C)C)C1. The summed E-state index contributed by atoms with van der Waals surface area (Å²) in [5, 5.41) is 3.61. The van der Waals surface area contributed by atoms with E-state index in [-0.39, 0.29) is 0 Å². The van der Waals surface area contributed by atoms with Crippen molar-refractivity contribution >= 4 is 0 Å². The van der Waals surface area contributed by atoms with Crippen LogP contribution in [0.25, 0.3) is 0 Å². The van der Waals surface area contributed by atoms with Crippen molar-refractivity contribution in [1.82, 2.24) is 10.2 Å². The fraction of sp³-hybridized carbons (Fsp3) is 1.00. The molecule has 1 saturated heterocycles. The number of hydrogen-bond donors (Lipinski definition) is 1. The third kappa shape index (κ3) is 5.39. The molecular formula is C15H32N2. The van der Waals surface area contributed by atoms with Crippen molar-refractivity contribution in [3.05, 3.63) is 0 Å². The first kappa shape index (κ1) is 15.0. The van der Waals surface area contributed by atoms with E-state index in [1.165, 1.54) is 51.7 Å². The zero-order valence-corrected chi connectivity index (χ0v) is 12.3. The molecule has 0 spiro atoms. The highest BCUT2D eigenvalue weighted by Crippen LogP contribution is 2.23. The molecule has 0 aromatic carbocycles. The van der Waals surface area contributed by atoms with Crippen molar-refractivity contribution in [3.63, 3.8) is 0 Å². The minimum absolute atomic E-state index is 0.614. The monoisotopic (exact) mass is 240 g/mol. The molecule has 1 rings (SSSR count). The number of nitrogens with zero attached hydrogens (tertiary/aromatic N) is 1. The van der Waals surface area contributed by atoms with Crippen molar-refractivity contribution in [2.24, 2.45) is 5.92 Å². The zero-order valence-electron chi connectivity index (χ0n) is 12.3. The maximum absolute atomic E-state index is 3.61. The largest absolute Gasteiger partial charge is 0.313 e. The summed E-state index contributed by atoms with van der Waals surface area (Å²) in [5.41, 5.74) is 0. The molecule has 0 aliphatic carbocycles. The Morgan fingerprint density at radius 2 is 2.00 bits per heavy atom. The van der Waals surface area contributed by atoms with Crippen molar-refractivity contribution in [3.8, 4) is 0 Å². The second kappa shape index (κ2) is 8.10. The molecule has 0 saturated carbocycles. The van der Waals surface area contributed by atoms with Gasteiger partial charge in [0, 0.05) is 25.2 Å². The van der Waals surface area contributed by atoms with Gasteiger partial charge in [-0.2, -0.15) is 0 Å². The molecule has 1 aliphatic rings. The van der Waals surface area contributed by atoms with E-state index in [1.807, 2.05) is 0 Å². The average Bonchev–Trinajstić information content (AvgIpc) is 2.73. The lowest BCUT2D eigenvalue weighted by Crippen LogP contribution is -2.43. The van der Waals surface area contributed by atoms with Gasteiger partial charge in [-0.15, -0.1) is 0 Å². The molecule has 0 bridgehead atoms. The van der Waals surface area contributed by atoms with Gasteiger partial charge < -0.3 is 5.32 Å². The lowest BCUT2D eigenvalue weighted by Gasteiger charge is -2.29. The van der Waals surface area contributed by atoms with Crippen LogP contribution in [0.4, 0.5) is 0 Å². The van der Waals surface area contributed by atoms with Gasteiger partial charge in [-0.05, 0) is 31.7 Å². The molecule has 0 aromatic rings. The maximum Gasteiger partial charge on any atom is 0.0220 e. The standard InChI is InChI=1S/C15H32N2/c1-5-7-14-9-10-17(12-14)15(8-6-2)11-16-13(3)4/h13-16H,5-12H2,1-4H3. The Morgan fingerprint density at radius 1 is 1.24 bits per heavy atom. The topological polar surface area (TPSA) is 15.3 Å². The number of rotatable bonds is 8. The summed E-state index contributed by atoms with van der Waals surface area (Å²) in [6.45, 7) is 13.0. The van der Waals surface area contributed by atoms with Crippen molar-refractivity contribution in [2.45, 2.75) is 71.9 Å². The van der Waals surface area contributed by atoms with E-state index in [2.05, 4.69) is 37.9 Å². The minimum Gasteiger partial charge on any atom is -0.313 e. The molecule has 2 unspecified atom stereocenters. The van der Waals surface area contributed by atoms with Crippen LogP contribution < -0.4 is 5.32 Å². The third-order valence-electron chi connectivity index (χ3n) is 3.91. The fourth-order valence-electron chi connectivity index (χ4n) is 2.96. The van der Waals surface area contributed by atoms with Crippen LogP contribution in [0.1, 0.15) is 59.8 Å². The molecule has 2 heteroatoms. The Morgan fingerprint density at radius 3 is 2.59 bits per heavy atom. The molecule has 2 nitrogen and oxygen atoms in total. The lowest BCUT2D eigenvalue weighted by molar-refractivity contribution is 0.210. The molecule has 2 atom stereocenters. The number of nitrogens with one attached hydrogen (secondary N) is 1.